The number of carbonyl (C=O) groups excluding carboxylic acids is 2. The Bertz CT molecular complexity index is 1040. The molecular formula is C20H15F3N4O2. The third kappa shape index (κ3) is 4.95. The Balaban J connectivity index is 1.76. The largest absolute Gasteiger partial charge is 0.416 e. The summed E-state index contributed by atoms with van der Waals surface area (Å²) in [5.41, 5.74) is 0.895. The first kappa shape index (κ1) is 20.0. The molecule has 3 rings (SSSR count). The first-order valence-corrected chi connectivity index (χ1v) is 8.39. The van der Waals surface area contributed by atoms with Crippen molar-refractivity contribution in [3.63, 3.8) is 0 Å². The first-order chi connectivity index (χ1) is 13.7. The highest BCUT2D eigenvalue weighted by Gasteiger charge is 2.30. The zero-order valence-electron chi connectivity index (χ0n) is 15.1. The number of hydrogen-bond donors (Lipinski definition) is 2. The van der Waals surface area contributed by atoms with Crippen LogP contribution in [-0.2, 0) is 6.18 Å². The average molecular weight is 400 g/mol. The predicted octanol–water partition coefficient (Wildman–Crippen LogP) is 4.31. The molecule has 9 heteroatoms. The smallest absolute Gasteiger partial charge is 0.322 e. The van der Waals surface area contributed by atoms with Gasteiger partial charge in [0, 0.05) is 16.8 Å². The SMILES string of the molecule is Cc1ccc(C(=O)Nc2ccc(C(F)(F)F)cc2)cc1C(=O)Nc1cncnc1. The van der Waals surface area contributed by atoms with Gasteiger partial charge in [-0.25, -0.2) is 9.97 Å². The summed E-state index contributed by atoms with van der Waals surface area (Å²) < 4.78 is 37.9. The van der Waals surface area contributed by atoms with Crippen LogP contribution >= 0.6 is 0 Å². The molecule has 2 aromatic carbocycles. The molecule has 0 bridgehead atoms. The molecule has 3 aromatic rings. The van der Waals surface area contributed by atoms with Crippen LogP contribution < -0.4 is 10.6 Å². The molecule has 148 valence electrons. The molecular weight excluding hydrogens is 385 g/mol. The van der Waals surface area contributed by atoms with E-state index in [1.807, 2.05) is 0 Å². The maximum absolute atomic E-state index is 12.6. The molecule has 0 saturated carbocycles. The number of amides is 2. The van der Waals surface area contributed by atoms with E-state index in [-0.39, 0.29) is 16.8 Å². The highest BCUT2D eigenvalue weighted by atomic mass is 19.4. The van der Waals surface area contributed by atoms with Gasteiger partial charge in [-0.3, -0.25) is 9.59 Å². The minimum absolute atomic E-state index is 0.185. The second-order valence-electron chi connectivity index (χ2n) is 6.14. The Morgan fingerprint density at radius 1 is 0.862 bits per heavy atom. The summed E-state index contributed by atoms with van der Waals surface area (Å²) in [6, 6.07) is 8.64. The zero-order chi connectivity index (χ0) is 21.0. The van der Waals surface area contributed by atoms with Crippen molar-refractivity contribution >= 4 is 23.2 Å². The van der Waals surface area contributed by atoms with Gasteiger partial charge in [0.05, 0.1) is 23.6 Å². The number of carbonyl (C=O) groups is 2. The summed E-state index contributed by atoms with van der Waals surface area (Å²) in [6.07, 6.45) is -0.262. The number of rotatable bonds is 4. The maximum Gasteiger partial charge on any atom is 0.416 e. The van der Waals surface area contributed by atoms with Crippen LogP contribution in [0, 0.1) is 6.92 Å². The Kier molecular flexibility index (Phi) is 5.58. The van der Waals surface area contributed by atoms with Crippen LogP contribution in [0.2, 0.25) is 0 Å². The minimum Gasteiger partial charge on any atom is -0.322 e. The number of aryl methyl sites for hydroxylation is 1. The molecule has 2 amide bonds. The lowest BCUT2D eigenvalue weighted by atomic mass is 10.0. The molecule has 0 radical (unpaired) electrons. The molecule has 0 aliphatic heterocycles. The summed E-state index contributed by atoms with van der Waals surface area (Å²) >= 11 is 0. The molecule has 0 atom stereocenters. The van der Waals surface area contributed by atoms with Gasteiger partial charge >= 0.3 is 6.18 Å². The lowest BCUT2D eigenvalue weighted by molar-refractivity contribution is -0.137. The number of hydrogen-bond acceptors (Lipinski definition) is 4. The fourth-order valence-corrected chi connectivity index (χ4v) is 2.52. The summed E-state index contributed by atoms with van der Waals surface area (Å²) in [5.74, 6) is -0.997. The van der Waals surface area contributed by atoms with E-state index in [1.54, 1.807) is 13.0 Å². The third-order valence-corrected chi connectivity index (χ3v) is 4.03. The number of nitrogens with zero attached hydrogens (tertiary/aromatic N) is 2. The van der Waals surface area contributed by atoms with E-state index in [1.165, 1.54) is 30.9 Å². The van der Waals surface area contributed by atoms with Gasteiger partial charge < -0.3 is 10.6 Å². The van der Waals surface area contributed by atoms with Crippen LogP contribution in [0.1, 0.15) is 31.8 Å². The molecule has 0 fully saturated rings. The van der Waals surface area contributed by atoms with E-state index in [4.69, 9.17) is 0 Å². The molecule has 1 aromatic heterocycles. The van der Waals surface area contributed by atoms with E-state index in [0.717, 1.165) is 24.3 Å². The van der Waals surface area contributed by atoms with Gasteiger partial charge in [-0.1, -0.05) is 6.07 Å². The Morgan fingerprint density at radius 3 is 2.10 bits per heavy atom. The van der Waals surface area contributed by atoms with E-state index in [9.17, 15) is 22.8 Å². The summed E-state index contributed by atoms with van der Waals surface area (Å²) in [4.78, 5) is 32.6. The monoisotopic (exact) mass is 400 g/mol. The average Bonchev–Trinajstić information content (AvgIpc) is 2.68. The Morgan fingerprint density at radius 2 is 1.48 bits per heavy atom. The molecule has 2 N–H and O–H groups in total. The molecule has 29 heavy (non-hydrogen) atoms. The Labute approximate surface area is 163 Å². The topological polar surface area (TPSA) is 84.0 Å². The predicted molar refractivity (Wildman–Crippen MR) is 101 cm³/mol. The van der Waals surface area contributed by atoms with Crippen molar-refractivity contribution in [3.05, 3.63) is 83.4 Å². The van der Waals surface area contributed by atoms with Crippen LogP contribution in [-0.4, -0.2) is 21.8 Å². The highest BCUT2D eigenvalue weighted by molar-refractivity contribution is 6.09. The lowest BCUT2D eigenvalue weighted by Gasteiger charge is -2.11. The van der Waals surface area contributed by atoms with Gasteiger partial charge in [0.15, 0.2) is 0 Å². The van der Waals surface area contributed by atoms with Gasteiger partial charge in [0.2, 0.25) is 0 Å². The first-order valence-electron chi connectivity index (χ1n) is 8.39. The van der Waals surface area contributed by atoms with E-state index < -0.39 is 23.6 Å². The summed E-state index contributed by atoms with van der Waals surface area (Å²) in [7, 11) is 0. The van der Waals surface area contributed by atoms with Crippen LogP contribution in [0.3, 0.4) is 0 Å². The minimum atomic E-state index is -4.45. The number of benzene rings is 2. The van der Waals surface area contributed by atoms with E-state index in [0.29, 0.717) is 11.3 Å². The molecule has 0 spiro atoms. The quantitative estimate of drug-likeness (QED) is 0.684. The van der Waals surface area contributed by atoms with Crippen molar-refractivity contribution in [3.8, 4) is 0 Å². The van der Waals surface area contributed by atoms with Crippen molar-refractivity contribution in [2.24, 2.45) is 0 Å². The fourth-order valence-electron chi connectivity index (χ4n) is 2.52. The number of alkyl halides is 3. The summed E-state index contributed by atoms with van der Waals surface area (Å²) in [5, 5.41) is 5.15. The second kappa shape index (κ2) is 8.09. The van der Waals surface area contributed by atoms with Gasteiger partial charge in [-0.15, -0.1) is 0 Å². The van der Waals surface area contributed by atoms with E-state index in [2.05, 4.69) is 20.6 Å². The van der Waals surface area contributed by atoms with Gasteiger partial charge in [0.1, 0.15) is 6.33 Å². The van der Waals surface area contributed by atoms with Crippen LogP contribution in [0.4, 0.5) is 24.5 Å². The number of halogens is 3. The second-order valence-corrected chi connectivity index (χ2v) is 6.14. The molecule has 0 saturated heterocycles. The Hall–Kier alpha value is -3.75. The number of aromatic nitrogens is 2. The summed E-state index contributed by atoms with van der Waals surface area (Å²) in [6.45, 7) is 1.72. The van der Waals surface area contributed by atoms with Crippen LogP contribution in [0.15, 0.2) is 61.2 Å². The van der Waals surface area contributed by atoms with Crippen molar-refractivity contribution in [2.45, 2.75) is 13.1 Å². The van der Waals surface area contributed by atoms with Crippen molar-refractivity contribution < 1.29 is 22.8 Å². The van der Waals surface area contributed by atoms with Crippen molar-refractivity contribution in [1.82, 2.24) is 9.97 Å². The number of nitrogens with one attached hydrogen (secondary N) is 2. The van der Waals surface area contributed by atoms with Gasteiger partial charge in [-0.2, -0.15) is 13.2 Å². The standard InChI is InChI=1S/C20H15F3N4O2/c1-12-2-3-13(8-17(12)19(29)27-16-9-24-11-25-10-16)18(28)26-15-6-4-14(5-7-15)20(21,22)23/h2-11H,1H3,(H,26,28)(H,27,29). The fraction of sp³-hybridized carbons (Fsp3) is 0.100. The van der Waals surface area contributed by atoms with Crippen molar-refractivity contribution in [2.75, 3.05) is 10.6 Å². The molecule has 1 heterocycles. The maximum atomic E-state index is 12.6. The third-order valence-electron chi connectivity index (χ3n) is 4.03. The van der Waals surface area contributed by atoms with Crippen LogP contribution in [0.25, 0.3) is 0 Å². The van der Waals surface area contributed by atoms with Gasteiger partial charge in [-0.05, 0) is 48.9 Å². The molecule has 0 unspecified atom stereocenters. The number of anilines is 2. The van der Waals surface area contributed by atoms with Gasteiger partial charge in [0.25, 0.3) is 11.8 Å². The van der Waals surface area contributed by atoms with E-state index >= 15 is 0 Å². The van der Waals surface area contributed by atoms with Crippen LogP contribution in [0.5, 0.6) is 0 Å². The molecule has 0 aliphatic rings. The highest BCUT2D eigenvalue weighted by Crippen LogP contribution is 2.29. The normalized spacial score (nSPS) is 11.0. The lowest BCUT2D eigenvalue weighted by Crippen LogP contribution is -2.17. The van der Waals surface area contributed by atoms with Crippen molar-refractivity contribution in [1.29, 1.82) is 0 Å². The molecule has 6 nitrogen and oxygen atoms in total. The zero-order valence-corrected chi connectivity index (χ0v) is 15.1. The molecule has 0 aliphatic carbocycles.